The number of likely N-dealkylation sites (tertiary alicyclic amines) is 1. The summed E-state index contributed by atoms with van der Waals surface area (Å²) in [7, 11) is 0. The second-order valence-electron chi connectivity index (χ2n) is 8.55. The minimum Gasteiger partial charge on any atom is -0.490 e. The number of rotatable bonds is 6. The van der Waals surface area contributed by atoms with Crippen LogP contribution in [-0.4, -0.2) is 49.7 Å². The monoisotopic (exact) mass is 427 g/mol. The Kier molecular flexibility index (Phi) is 7.46. The molecule has 0 unspecified atom stereocenters. The van der Waals surface area contributed by atoms with E-state index in [2.05, 4.69) is 27.7 Å². The van der Waals surface area contributed by atoms with Crippen molar-refractivity contribution in [2.24, 2.45) is 0 Å². The average Bonchev–Trinajstić information content (AvgIpc) is 3.09. The van der Waals surface area contributed by atoms with Gasteiger partial charge in [0.25, 0.3) is 0 Å². The molecule has 0 spiro atoms. The van der Waals surface area contributed by atoms with E-state index in [-0.39, 0.29) is 18.5 Å². The Balaban J connectivity index is 1.26. The molecule has 4 rings (SSSR count). The Labute approximate surface area is 184 Å². The van der Waals surface area contributed by atoms with Crippen LogP contribution in [0.4, 0.5) is 4.79 Å². The summed E-state index contributed by atoms with van der Waals surface area (Å²) in [4.78, 5) is 26.7. The Morgan fingerprint density at radius 2 is 1.94 bits per heavy atom. The molecule has 0 radical (unpaired) electrons. The summed E-state index contributed by atoms with van der Waals surface area (Å²) in [5, 5.41) is 5.29. The van der Waals surface area contributed by atoms with Crippen molar-refractivity contribution < 1.29 is 19.1 Å². The third-order valence-electron chi connectivity index (χ3n) is 6.24. The van der Waals surface area contributed by atoms with Crippen molar-refractivity contribution in [2.45, 2.75) is 57.4 Å². The summed E-state index contributed by atoms with van der Waals surface area (Å²) >= 11 is 0. The lowest BCUT2D eigenvalue weighted by Crippen LogP contribution is -2.44. The molecule has 0 bridgehead atoms. The van der Waals surface area contributed by atoms with E-state index in [0.717, 1.165) is 62.1 Å². The standard InChI is InChI=1S/C24H33N3O4/c28-23(26-24(29)25-12-11-18-6-2-1-3-7-18)17-27-13-4-8-20(27)19-9-10-21-22(16-19)31-15-5-14-30-21/h6,9-10,16,20H,1-5,7-8,11-15,17H2,(H2,25,26,28,29)/t20-/m1/s1. The topological polar surface area (TPSA) is 79.9 Å². The third kappa shape index (κ3) is 6.00. The lowest BCUT2D eigenvalue weighted by Gasteiger charge is -2.24. The Morgan fingerprint density at radius 3 is 2.77 bits per heavy atom. The number of benzene rings is 1. The van der Waals surface area contributed by atoms with Crippen LogP contribution in [0.3, 0.4) is 0 Å². The van der Waals surface area contributed by atoms with Gasteiger partial charge in [0.15, 0.2) is 11.5 Å². The third-order valence-corrected chi connectivity index (χ3v) is 6.24. The molecule has 0 saturated carbocycles. The number of carbonyl (C=O) groups is 2. The van der Waals surface area contributed by atoms with Crippen LogP contribution in [-0.2, 0) is 4.79 Å². The summed E-state index contributed by atoms with van der Waals surface area (Å²) in [6.45, 7) is 2.93. The maximum atomic E-state index is 12.5. The van der Waals surface area contributed by atoms with Crippen LogP contribution < -0.4 is 20.1 Å². The normalized spacial score (nSPS) is 21.2. The first-order chi connectivity index (χ1) is 15.2. The molecule has 7 nitrogen and oxygen atoms in total. The summed E-state index contributed by atoms with van der Waals surface area (Å²) < 4.78 is 11.5. The van der Waals surface area contributed by atoms with Crippen LogP contribution in [0.2, 0.25) is 0 Å². The second-order valence-corrected chi connectivity index (χ2v) is 8.55. The van der Waals surface area contributed by atoms with Gasteiger partial charge in [-0.15, -0.1) is 0 Å². The highest BCUT2D eigenvalue weighted by molar-refractivity contribution is 5.95. The van der Waals surface area contributed by atoms with Gasteiger partial charge in [0, 0.05) is 19.0 Å². The number of fused-ring (bicyclic) bond motifs is 1. The zero-order valence-electron chi connectivity index (χ0n) is 18.2. The van der Waals surface area contributed by atoms with Crippen molar-refractivity contribution in [1.82, 2.24) is 15.5 Å². The molecule has 2 heterocycles. The zero-order chi connectivity index (χ0) is 21.5. The van der Waals surface area contributed by atoms with Gasteiger partial charge in [0.05, 0.1) is 19.8 Å². The molecular weight excluding hydrogens is 394 g/mol. The molecule has 7 heteroatoms. The van der Waals surface area contributed by atoms with E-state index in [1.165, 1.54) is 18.4 Å². The van der Waals surface area contributed by atoms with E-state index in [1.54, 1.807) is 0 Å². The summed E-state index contributed by atoms with van der Waals surface area (Å²) in [5.41, 5.74) is 2.53. The maximum absolute atomic E-state index is 12.5. The van der Waals surface area contributed by atoms with Gasteiger partial charge in [0.1, 0.15) is 0 Å². The molecule has 1 aromatic carbocycles. The average molecular weight is 428 g/mol. The van der Waals surface area contributed by atoms with E-state index >= 15 is 0 Å². The lowest BCUT2D eigenvalue weighted by atomic mass is 9.97. The van der Waals surface area contributed by atoms with Crippen molar-refractivity contribution in [3.05, 3.63) is 35.4 Å². The number of hydrogen-bond donors (Lipinski definition) is 2. The molecule has 2 N–H and O–H groups in total. The largest absolute Gasteiger partial charge is 0.490 e. The van der Waals surface area contributed by atoms with Gasteiger partial charge in [-0.1, -0.05) is 17.7 Å². The minimum absolute atomic E-state index is 0.143. The number of hydrogen-bond acceptors (Lipinski definition) is 5. The fraction of sp³-hybridized carbons (Fsp3) is 0.583. The van der Waals surface area contributed by atoms with Crippen molar-refractivity contribution in [3.8, 4) is 11.5 Å². The molecule has 3 amide bonds. The molecule has 2 aliphatic heterocycles. The first kappa shape index (κ1) is 21.7. The molecule has 3 aliphatic rings. The summed E-state index contributed by atoms with van der Waals surface area (Å²) in [5.74, 6) is 1.29. The molecule has 1 saturated heterocycles. The molecule has 1 aliphatic carbocycles. The lowest BCUT2D eigenvalue weighted by molar-refractivity contribution is -0.121. The number of amides is 3. The number of nitrogens with zero attached hydrogens (tertiary/aromatic N) is 1. The maximum Gasteiger partial charge on any atom is 0.321 e. The highest BCUT2D eigenvalue weighted by Gasteiger charge is 2.29. The SMILES string of the molecule is O=C(CN1CCC[C@@H]1c1ccc2c(c1)OCCCO2)NC(=O)NCCC1=CCCCC1. The van der Waals surface area contributed by atoms with Crippen LogP contribution >= 0.6 is 0 Å². The van der Waals surface area contributed by atoms with Gasteiger partial charge in [-0.25, -0.2) is 4.79 Å². The number of carbonyl (C=O) groups excluding carboxylic acids is 2. The number of ether oxygens (including phenoxy) is 2. The summed E-state index contributed by atoms with van der Waals surface area (Å²) in [6.07, 6.45) is 10.8. The van der Waals surface area contributed by atoms with Gasteiger partial charge in [-0.05, 0) is 69.2 Å². The fourth-order valence-corrected chi connectivity index (χ4v) is 4.64. The Bertz CT molecular complexity index is 823. The smallest absolute Gasteiger partial charge is 0.321 e. The van der Waals surface area contributed by atoms with Crippen molar-refractivity contribution in [1.29, 1.82) is 0 Å². The van der Waals surface area contributed by atoms with E-state index in [0.29, 0.717) is 19.8 Å². The van der Waals surface area contributed by atoms with Gasteiger partial charge in [0.2, 0.25) is 5.91 Å². The zero-order valence-corrected chi connectivity index (χ0v) is 18.2. The highest BCUT2D eigenvalue weighted by Crippen LogP contribution is 2.37. The molecule has 168 valence electrons. The number of nitrogens with one attached hydrogen (secondary N) is 2. The van der Waals surface area contributed by atoms with E-state index in [1.807, 2.05) is 12.1 Å². The molecular formula is C24H33N3O4. The van der Waals surface area contributed by atoms with Crippen molar-refractivity contribution in [2.75, 3.05) is 32.8 Å². The van der Waals surface area contributed by atoms with Crippen molar-refractivity contribution in [3.63, 3.8) is 0 Å². The first-order valence-corrected chi connectivity index (χ1v) is 11.6. The first-order valence-electron chi connectivity index (χ1n) is 11.6. The molecule has 1 fully saturated rings. The van der Waals surface area contributed by atoms with Crippen LogP contribution in [0.15, 0.2) is 29.8 Å². The van der Waals surface area contributed by atoms with Crippen LogP contribution in [0.1, 0.15) is 63.0 Å². The van der Waals surface area contributed by atoms with Crippen LogP contribution in [0.25, 0.3) is 0 Å². The molecule has 31 heavy (non-hydrogen) atoms. The van der Waals surface area contributed by atoms with E-state index < -0.39 is 6.03 Å². The van der Waals surface area contributed by atoms with Gasteiger partial charge in [-0.2, -0.15) is 0 Å². The number of imide groups is 1. The molecule has 1 atom stereocenters. The van der Waals surface area contributed by atoms with E-state index in [9.17, 15) is 9.59 Å². The van der Waals surface area contributed by atoms with Crippen LogP contribution in [0, 0.1) is 0 Å². The van der Waals surface area contributed by atoms with Crippen molar-refractivity contribution >= 4 is 11.9 Å². The summed E-state index contributed by atoms with van der Waals surface area (Å²) in [6, 6.07) is 5.79. The van der Waals surface area contributed by atoms with E-state index in [4.69, 9.17) is 9.47 Å². The number of urea groups is 1. The fourth-order valence-electron chi connectivity index (χ4n) is 4.64. The minimum atomic E-state index is -0.410. The second kappa shape index (κ2) is 10.7. The van der Waals surface area contributed by atoms with Gasteiger partial charge >= 0.3 is 6.03 Å². The quantitative estimate of drug-likeness (QED) is 0.677. The number of allylic oxidation sites excluding steroid dienone is 1. The Hall–Kier alpha value is -2.54. The Morgan fingerprint density at radius 1 is 1.06 bits per heavy atom. The molecule has 0 aromatic heterocycles. The highest BCUT2D eigenvalue weighted by atomic mass is 16.5. The van der Waals surface area contributed by atoms with Crippen LogP contribution in [0.5, 0.6) is 11.5 Å². The van der Waals surface area contributed by atoms with Gasteiger partial charge in [-0.3, -0.25) is 15.0 Å². The molecule has 1 aromatic rings. The predicted octanol–water partition coefficient (Wildman–Crippen LogP) is 3.70. The predicted molar refractivity (Wildman–Crippen MR) is 118 cm³/mol. The van der Waals surface area contributed by atoms with Gasteiger partial charge < -0.3 is 14.8 Å².